The van der Waals surface area contributed by atoms with Crippen LogP contribution in [0.15, 0.2) is 29.3 Å². The maximum atomic E-state index is 12.1. The minimum absolute atomic E-state index is 0. The number of alkyl halides is 3. The molecule has 1 aromatic carbocycles. The first kappa shape index (κ1) is 25.1. The molecule has 0 saturated carbocycles. The largest absolute Gasteiger partial charge is 0.573 e. The molecule has 0 aliphatic carbocycles. The van der Waals surface area contributed by atoms with Crippen molar-refractivity contribution >= 4 is 41.7 Å². The summed E-state index contributed by atoms with van der Waals surface area (Å²) in [6.07, 6.45) is -4.28. The smallest absolute Gasteiger partial charge is 0.444 e. The van der Waals surface area contributed by atoms with Crippen molar-refractivity contribution in [3.05, 3.63) is 24.3 Å². The van der Waals surface area contributed by atoms with Crippen molar-refractivity contribution in [2.75, 3.05) is 25.0 Å². The number of hydrogen-bond donors (Lipinski definition) is 2. The summed E-state index contributed by atoms with van der Waals surface area (Å²) in [7, 11) is 0. The highest BCUT2D eigenvalue weighted by Gasteiger charge is 2.31. The molecule has 0 aromatic heterocycles. The fourth-order valence-corrected chi connectivity index (χ4v) is 2.63. The molecule has 1 amide bonds. The predicted molar refractivity (Wildman–Crippen MR) is 115 cm³/mol. The van der Waals surface area contributed by atoms with Crippen molar-refractivity contribution in [3.8, 4) is 5.75 Å². The average molecular weight is 530 g/mol. The third-order valence-corrected chi connectivity index (χ3v) is 3.82. The van der Waals surface area contributed by atoms with E-state index in [-0.39, 0.29) is 47.7 Å². The van der Waals surface area contributed by atoms with Gasteiger partial charge in [-0.15, -0.1) is 37.1 Å². The lowest BCUT2D eigenvalue weighted by Crippen LogP contribution is -2.35. The zero-order chi connectivity index (χ0) is 20.9. The zero-order valence-electron chi connectivity index (χ0n) is 16.5. The van der Waals surface area contributed by atoms with E-state index in [0.717, 1.165) is 6.42 Å². The first-order valence-electron chi connectivity index (χ1n) is 8.82. The zero-order valence-corrected chi connectivity index (χ0v) is 18.8. The van der Waals surface area contributed by atoms with E-state index in [4.69, 9.17) is 10.5 Å². The number of nitrogens with two attached hydrogens (primary N) is 1. The Hall–Kier alpha value is -1.92. The number of ether oxygens (including phenoxy) is 2. The van der Waals surface area contributed by atoms with Crippen molar-refractivity contribution in [2.24, 2.45) is 16.6 Å². The standard InChI is InChI=1S/C18H25F3N4O3.HI/c1-17(2,3)28-16(26)25-9-8-12(11-25)10-23-15(22)24-13-4-6-14(7-5-13)27-18(19,20)21;/h4-7,12H,8-11H2,1-3H3,(H3,22,23,24);1H. The Bertz CT molecular complexity index is 706. The van der Waals surface area contributed by atoms with E-state index in [1.54, 1.807) is 4.90 Å². The van der Waals surface area contributed by atoms with Crippen LogP contribution in [0.2, 0.25) is 0 Å². The van der Waals surface area contributed by atoms with Crippen LogP contribution >= 0.6 is 24.0 Å². The number of benzene rings is 1. The summed E-state index contributed by atoms with van der Waals surface area (Å²) >= 11 is 0. The number of anilines is 1. The predicted octanol–water partition coefficient (Wildman–Crippen LogP) is 4.19. The second kappa shape index (κ2) is 10.2. The van der Waals surface area contributed by atoms with Gasteiger partial charge in [-0.2, -0.15) is 0 Å². The van der Waals surface area contributed by atoms with Crippen molar-refractivity contribution in [1.82, 2.24) is 4.90 Å². The summed E-state index contributed by atoms with van der Waals surface area (Å²) in [6.45, 7) is 7.01. The van der Waals surface area contributed by atoms with Crippen LogP contribution in [0.1, 0.15) is 27.2 Å². The molecular weight excluding hydrogens is 504 g/mol. The highest BCUT2D eigenvalue weighted by molar-refractivity contribution is 14.0. The Morgan fingerprint density at radius 1 is 1.28 bits per heavy atom. The van der Waals surface area contributed by atoms with Crippen LogP contribution in [0.5, 0.6) is 5.75 Å². The van der Waals surface area contributed by atoms with Crippen LogP contribution in [-0.4, -0.2) is 48.6 Å². The molecule has 1 aliphatic heterocycles. The van der Waals surface area contributed by atoms with Crippen LogP contribution in [0, 0.1) is 5.92 Å². The van der Waals surface area contributed by atoms with Gasteiger partial charge in [0.1, 0.15) is 11.4 Å². The van der Waals surface area contributed by atoms with Gasteiger partial charge in [0.25, 0.3) is 0 Å². The third kappa shape index (κ3) is 9.41. The number of nitrogens with zero attached hydrogens (tertiary/aromatic N) is 2. The molecule has 1 aliphatic rings. The maximum absolute atomic E-state index is 12.1. The second-order valence-electron chi connectivity index (χ2n) is 7.50. The van der Waals surface area contributed by atoms with Crippen molar-refractivity contribution in [2.45, 2.75) is 39.2 Å². The number of nitrogens with one attached hydrogen (secondary N) is 1. The van der Waals surface area contributed by atoms with E-state index in [9.17, 15) is 18.0 Å². The third-order valence-electron chi connectivity index (χ3n) is 3.82. The summed E-state index contributed by atoms with van der Waals surface area (Å²) in [5, 5.41) is 2.81. The molecule has 0 bridgehead atoms. The maximum Gasteiger partial charge on any atom is 0.573 e. The molecule has 0 radical (unpaired) electrons. The molecular formula is C18H26F3IN4O3. The molecule has 11 heteroatoms. The fraction of sp³-hybridized carbons (Fsp3) is 0.556. The molecule has 2 rings (SSSR count). The Morgan fingerprint density at radius 2 is 1.90 bits per heavy atom. The Balaban J connectivity index is 0.00000420. The van der Waals surface area contributed by atoms with Gasteiger partial charge in [0.05, 0.1) is 0 Å². The fourth-order valence-electron chi connectivity index (χ4n) is 2.63. The summed E-state index contributed by atoms with van der Waals surface area (Å²) < 4.78 is 45.6. The van der Waals surface area contributed by atoms with E-state index in [1.165, 1.54) is 24.3 Å². The molecule has 3 N–H and O–H groups in total. The van der Waals surface area contributed by atoms with Gasteiger partial charge in [0.15, 0.2) is 5.96 Å². The van der Waals surface area contributed by atoms with E-state index < -0.39 is 12.0 Å². The van der Waals surface area contributed by atoms with Gasteiger partial charge >= 0.3 is 12.5 Å². The number of rotatable bonds is 4. The summed E-state index contributed by atoms with van der Waals surface area (Å²) in [5.74, 6) is -0.0163. The van der Waals surface area contributed by atoms with Crippen molar-refractivity contribution in [3.63, 3.8) is 0 Å². The summed E-state index contributed by atoms with van der Waals surface area (Å²) in [6, 6.07) is 5.17. The highest BCUT2D eigenvalue weighted by atomic mass is 127. The molecule has 1 aromatic rings. The van der Waals surface area contributed by atoms with Crippen LogP contribution in [-0.2, 0) is 4.74 Å². The number of aliphatic imine (C=N–C) groups is 1. The topological polar surface area (TPSA) is 89.2 Å². The van der Waals surface area contributed by atoms with E-state index >= 15 is 0 Å². The quantitative estimate of drug-likeness (QED) is 0.347. The molecule has 1 unspecified atom stereocenters. The highest BCUT2D eigenvalue weighted by Crippen LogP contribution is 2.24. The van der Waals surface area contributed by atoms with E-state index in [2.05, 4.69) is 15.0 Å². The van der Waals surface area contributed by atoms with Gasteiger partial charge < -0.3 is 25.4 Å². The number of carbonyl (C=O) groups is 1. The number of amides is 1. The second-order valence-corrected chi connectivity index (χ2v) is 7.50. The lowest BCUT2D eigenvalue weighted by molar-refractivity contribution is -0.274. The van der Waals surface area contributed by atoms with E-state index in [1.807, 2.05) is 20.8 Å². The van der Waals surface area contributed by atoms with Crippen LogP contribution < -0.4 is 15.8 Å². The molecule has 7 nitrogen and oxygen atoms in total. The molecule has 1 heterocycles. The van der Waals surface area contributed by atoms with Gasteiger partial charge in [-0.25, -0.2) is 4.79 Å². The van der Waals surface area contributed by atoms with Gasteiger partial charge in [-0.05, 0) is 57.4 Å². The number of carbonyl (C=O) groups excluding carboxylic acids is 1. The number of guanidine groups is 1. The summed E-state index contributed by atoms with van der Waals surface area (Å²) in [5.41, 5.74) is 5.77. The van der Waals surface area contributed by atoms with Gasteiger partial charge in [-0.1, -0.05) is 0 Å². The number of likely N-dealkylation sites (tertiary alicyclic amines) is 1. The average Bonchev–Trinajstić information content (AvgIpc) is 3.01. The molecule has 1 atom stereocenters. The van der Waals surface area contributed by atoms with Crippen LogP contribution in [0.25, 0.3) is 0 Å². The number of hydrogen-bond acceptors (Lipinski definition) is 4. The first-order chi connectivity index (χ1) is 12.9. The Labute approximate surface area is 184 Å². The minimum Gasteiger partial charge on any atom is -0.444 e. The Morgan fingerprint density at radius 3 is 2.45 bits per heavy atom. The number of halogens is 4. The minimum atomic E-state index is -4.73. The van der Waals surface area contributed by atoms with Gasteiger partial charge in [0.2, 0.25) is 0 Å². The van der Waals surface area contributed by atoms with Gasteiger partial charge in [0, 0.05) is 25.3 Å². The van der Waals surface area contributed by atoms with Crippen LogP contribution in [0.4, 0.5) is 23.7 Å². The normalized spacial score (nSPS) is 17.5. The lowest BCUT2D eigenvalue weighted by atomic mass is 10.1. The van der Waals surface area contributed by atoms with Crippen LogP contribution in [0.3, 0.4) is 0 Å². The molecule has 0 spiro atoms. The van der Waals surface area contributed by atoms with Crippen molar-refractivity contribution in [1.29, 1.82) is 0 Å². The van der Waals surface area contributed by atoms with Gasteiger partial charge in [-0.3, -0.25) is 4.99 Å². The molecule has 164 valence electrons. The molecule has 1 saturated heterocycles. The lowest BCUT2D eigenvalue weighted by Gasteiger charge is -2.24. The Kier molecular flexibility index (Phi) is 8.84. The SMILES string of the molecule is CC(C)(C)OC(=O)N1CCC(CN=C(N)Nc2ccc(OC(F)(F)F)cc2)C1.I. The first-order valence-corrected chi connectivity index (χ1v) is 8.82. The molecule has 29 heavy (non-hydrogen) atoms. The van der Waals surface area contributed by atoms with E-state index in [0.29, 0.717) is 25.3 Å². The van der Waals surface area contributed by atoms with Crippen molar-refractivity contribution < 1.29 is 27.4 Å². The monoisotopic (exact) mass is 530 g/mol. The summed E-state index contributed by atoms with van der Waals surface area (Å²) in [4.78, 5) is 17.9. The molecule has 1 fully saturated rings.